The summed E-state index contributed by atoms with van der Waals surface area (Å²) in [7, 11) is 1.32. The number of amides is 1. The number of benzene rings is 1. The van der Waals surface area contributed by atoms with Gasteiger partial charge in [-0.05, 0) is 24.6 Å². The molecule has 1 aromatic rings. The first-order valence-electron chi connectivity index (χ1n) is 5.70. The van der Waals surface area contributed by atoms with Gasteiger partial charge in [0.05, 0.1) is 12.7 Å². The third-order valence-electron chi connectivity index (χ3n) is 2.80. The van der Waals surface area contributed by atoms with Crippen molar-refractivity contribution in [3.05, 3.63) is 29.3 Å². The van der Waals surface area contributed by atoms with E-state index in [1.165, 1.54) is 7.11 Å². The van der Waals surface area contributed by atoms with Crippen LogP contribution in [-0.2, 0) is 9.53 Å². The van der Waals surface area contributed by atoms with E-state index < -0.39 is 5.97 Å². The normalized spacial score (nSPS) is 11.8. The molecule has 5 nitrogen and oxygen atoms in total. The highest BCUT2D eigenvalue weighted by atomic mass is 16.5. The molecule has 0 radical (unpaired) electrons. The van der Waals surface area contributed by atoms with Crippen LogP contribution in [0, 0.1) is 12.8 Å². The van der Waals surface area contributed by atoms with Gasteiger partial charge in [0.25, 0.3) is 0 Å². The van der Waals surface area contributed by atoms with Crippen LogP contribution in [0.25, 0.3) is 0 Å². The first kappa shape index (κ1) is 14.2. The number of carbonyl (C=O) groups is 2. The van der Waals surface area contributed by atoms with Crippen molar-refractivity contribution in [1.29, 1.82) is 0 Å². The van der Waals surface area contributed by atoms with E-state index in [0.717, 1.165) is 0 Å². The average Bonchev–Trinajstić information content (AvgIpc) is 2.39. The minimum Gasteiger partial charge on any atom is -0.465 e. The average molecular weight is 250 g/mol. The van der Waals surface area contributed by atoms with Crippen LogP contribution in [0.1, 0.15) is 22.8 Å². The van der Waals surface area contributed by atoms with Crippen LogP contribution in [0.15, 0.2) is 18.2 Å². The number of anilines is 1. The van der Waals surface area contributed by atoms with Gasteiger partial charge in [-0.15, -0.1) is 0 Å². The lowest BCUT2D eigenvalue weighted by Gasteiger charge is -2.13. The van der Waals surface area contributed by atoms with Gasteiger partial charge in [-0.3, -0.25) is 4.79 Å². The first-order chi connectivity index (χ1) is 8.51. The zero-order valence-electron chi connectivity index (χ0n) is 10.8. The third kappa shape index (κ3) is 3.07. The number of carbonyl (C=O) groups excluding carboxylic acids is 2. The van der Waals surface area contributed by atoms with Crippen molar-refractivity contribution in [3.8, 4) is 0 Å². The van der Waals surface area contributed by atoms with Gasteiger partial charge in [0.1, 0.15) is 0 Å². The quantitative estimate of drug-likeness (QED) is 0.789. The summed E-state index contributed by atoms with van der Waals surface area (Å²) in [4.78, 5) is 23.2. The third-order valence-corrected chi connectivity index (χ3v) is 2.80. The van der Waals surface area contributed by atoms with Gasteiger partial charge in [0.2, 0.25) is 5.91 Å². The van der Waals surface area contributed by atoms with E-state index in [4.69, 9.17) is 5.73 Å². The molecule has 18 heavy (non-hydrogen) atoms. The molecule has 0 saturated carbocycles. The van der Waals surface area contributed by atoms with Crippen LogP contribution in [0.2, 0.25) is 0 Å². The summed E-state index contributed by atoms with van der Waals surface area (Å²) in [6.45, 7) is 3.78. The second-order valence-corrected chi connectivity index (χ2v) is 4.10. The Hall–Kier alpha value is -1.88. The highest BCUT2D eigenvalue weighted by Gasteiger charge is 2.15. The molecule has 0 aliphatic heterocycles. The standard InChI is InChI=1S/C13H18N2O3/c1-8(7-14)12(16)15-11-6-4-5-10(9(11)2)13(17)18-3/h4-6,8H,7,14H2,1-3H3,(H,15,16). The summed E-state index contributed by atoms with van der Waals surface area (Å²) in [5, 5.41) is 2.75. The Kier molecular flexibility index (Phi) is 4.85. The smallest absolute Gasteiger partial charge is 0.338 e. The summed E-state index contributed by atoms with van der Waals surface area (Å²) in [5.74, 6) is -0.857. The number of hydrogen-bond acceptors (Lipinski definition) is 4. The maximum absolute atomic E-state index is 11.7. The Labute approximate surface area is 106 Å². The molecule has 5 heteroatoms. The summed E-state index contributed by atoms with van der Waals surface area (Å²) in [6, 6.07) is 5.09. The summed E-state index contributed by atoms with van der Waals surface area (Å²) in [6.07, 6.45) is 0. The maximum atomic E-state index is 11.7. The van der Waals surface area contributed by atoms with Gasteiger partial charge in [0.15, 0.2) is 0 Å². The minimum absolute atomic E-state index is 0.164. The largest absolute Gasteiger partial charge is 0.465 e. The van der Waals surface area contributed by atoms with Crippen molar-refractivity contribution >= 4 is 17.6 Å². The molecule has 1 rings (SSSR count). The molecule has 3 N–H and O–H groups in total. The predicted molar refractivity (Wildman–Crippen MR) is 69.4 cm³/mol. The molecule has 0 heterocycles. The molecule has 0 bridgehead atoms. The molecule has 0 aromatic heterocycles. The first-order valence-corrected chi connectivity index (χ1v) is 5.70. The molecule has 1 amide bonds. The van der Waals surface area contributed by atoms with E-state index in [9.17, 15) is 9.59 Å². The lowest BCUT2D eigenvalue weighted by molar-refractivity contribution is -0.119. The molecule has 0 aliphatic rings. The number of ether oxygens (including phenoxy) is 1. The number of hydrogen-bond donors (Lipinski definition) is 2. The van der Waals surface area contributed by atoms with Gasteiger partial charge in [-0.2, -0.15) is 0 Å². The number of nitrogens with two attached hydrogens (primary N) is 1. The zero-order chi connectivity index (χ0) is 13.7. The molecular weight excluding hydrogens is 232 g/mol. The van der Waals surface area contributed by atoms with Crippen molar-refractivity contribution < 1.29 is 14.3 Å². The SMILES string of the molecule is COC(=O)c1cccc(NC(=O)C(C)CN)c1C. The highest BCUT2D eigenvalue weighted by molar-refractivity contribution is 5.97. The van der Waals surface area contributed by atoms with E-state index in [-0.39, 0.29) is 18.4 Å². The summed E-state index contributed by atoms with van der Waals surface area (Å²) in [5.41, 5.74) is 7.15. The van der Waals surface area contributed by atoms with Crippen molar-refractivity contribution in [3.63, 3.8) is 0 Å². The molecule has 1 atom stereocenters. The topological polar surface area (TPSA) is 81.4 Å². The van der Waals surface area contributed by atoms with Crippen LogP contribution >= 0.6 is 0 Å². The Bertz CT molecular complexity index is 458. The van der Waals surface area contributed by atoms with E-state index in [1.54, 1.807) is 32.0 Å². The second kappa shape index (κ2) is 6.16. The van der Waals surface area contributed by atoms with Crippen LogP contribution in [0.4, 0.5) is 5.69 Å². The molecule has 0 saturated heterocycles. The number of methoxy groups -OCH3 is 1. The molecule has 1 aromatic carbocycles. The molecule has 0 aliphatic carbocycles. The summed E-state index contributed by atoms with van der Waals surface area (Å²) >= 11 is 0. The van der Waals surface area contributed by atoms with Crippen molar-refractivity contribution in [2.75, 3.05) is 19.0 Å². The minimum atomic E-state index is -0.421. The molecule has 1 unspecified atom stereocenters. The van der Waals surface area contributed by atoms with Gasteiger partial charge < -0.3 is 15.8 Å². The van der Waals surface area contributed by atoms with Crippen molar-refractivity contribution in [1.82, 2.24) is 0 Å². The molecule has 98 valence electrons. The van der Waals surface area contributed by atoms with Gasteiger partial charge in [-0.1, -0.05) is 13.0 Å². The fourth-order valence-electron chi connectivity index (χ4n) is 1.47. The molecule has 0 fully saturated rings. The molecular formula is C13H18N2O3. The van der Waals surface area contributed by atoms with Crippen LogP contribution in [-0.4, -0.2) is 25.5 Å². The van der Waals surface area contributed by atoms with E-state index in [0.29, 0.717) is 16.8 Å². The maximum Gasteiger partial charge on any atom is 0.338 e. The van der Waals surface area contributed by atoms with E-state index in [1.807, 2.05) is 0 Å². The fourth-order valence-corrected chi connectivity index (χ4v) is 1.47. The predicted octanol–water partition coefficient (Wildman–Crippen LogP) is 1.31. The van der Waals surface area contributed by atoms with Crippen LogP contribution < -0.4 is 11.1 Å². The lowest BCUT2D eigenvalue weighted by Crippen LogP contribution is -2.27. The Balaban J connectivity index is 2.98. The van der Waals surface area contributed by atoms with Crippen LogP contribution in [0.3, 0.4) is 0 Å². The Morgan fingerprint density at radius 2 is 2.11 bits per heavy atom. The van der Waals surface area contributed by atoms with Gasteiger partial charge in [-0.25, -0.2) is 4.79 Å². The van der Waals surface area contributed by atoms with Crippen molar-refractivity contribution in [2.24, 2.45) is 11.7 Å². The second-order valence-electron chi connectivity index (χ2n) is 4.10. The van der Waals surface area contributed by atoms with E-state index in [2.05, 4.69) is 10.1 Å². The lowest BCUT2D eigenvalue weighted by atomic mass is 10.1. The fraction of sp³-hybridized carbons (Fsp3) is 0.385. The highest BCUT2D eigenvalue weighted by Crippen LogP contribution is 2.20. The molecule has 0 spiro atoms. The van der Waals surface area contributed by atoms with Crippen LogP contribution in [0.5, 0.6) is 0 Å². The summed E-state index contributed by atoms with van der Waals surface area (Å²) < 4.78 is 4.67. The number of esters is 1. The van der Waals surface area contributed by atoms with Gasteiger partial charge in [0, 0.05) is 18.2 Å². The number of nitrogens with one attached hydrogen (secondary N) is 1. The van der Waals surface area contributed by atoms with Crippen molar-refractivity contribution in [2.45, 2.75) is 13.8 Å². The monoisotopic (exact) mass is 250 g/mol. The van der Waals surface area contributed by atoms with E-state index >= 15 is 0 Å². The van der Waals surface area contributed by atoms with Gasteiger partial charge >= 0.3 is 5.97 Å². The Morgan fingerprint density at radius 3 is 2.67 bits per heavy atom. The Morgan fingerprint density at radius 1 is 1.44 bits per heavy atom. The zero-order valence-corrected chi connectivity index (χ0v) is 10.8. The number of rotatable bonds is 4.